The van der Waals surface area contributed by atoms with Gasteiger partial charge in [0.2, 0.25) is 0 Å². The van der Waals surface area contributed by atoms with Gasteiger partial charge in [-0.2, -0.15) is 5.10 Å². The highest BCUT2D eigenvalue weighted by Gasteiger charge is 2.24. The van der Waals surface area contributed by atoms with E-state index in [9.17, 15) is 4.79 Å². The molecule has 0 bridgehead atoms. The van der Waals surface area contributed by atoms with Crippen LogP contribution in [0.3, 0.4) is 0 Å². The molecule has 0 atom stereocenters. The van der Waals surface area contributed by atoms with Crippen molar-refractivity contribution in [1.29, 1.82) is 0 Å². The molecule has 2 aromatic rings. The molecule has 1 aliphatic carbocycles. The van der Waals surface area contributed by atoms with Crippen LogP contribution in [0.15, 0.2) is 36.9 Å². The van der Waals surface area contributed by atoms with Crippen molar-refractivity contribution in [3.8, 4) is 0 Å². The Morgan fingerprint density at radius 1 is 1.21 bits per heavy atom. The van der Waals surface area contributed by atoms with Gasteiger partial charge in [-0.25, -0.2) is 14.5 Å². The highest BCUT2D eigenvalue weighted by atomic mass is 16.2. The predicted octanol–water partition coefficient (Wildman–Crippen LogP) is 3.71. The van der Waals surface area contributed by atoms with E-state index in [0.29, 0.717) is 12.0 Å². The van der Waals surface area contributed by atoms with Crippen LogP contribution in [-0.4, -0.2) is 26.8 Å². The molecule has 0 unspecified atom stereocenters. The minimum absolute atomic E-state index is 0.118. The lowest BCUT2D eigenvalue weighted by Gasteiger charge is -2.29. The first-order valence-corrected chi connectivity index (χ1v) is 8.64. The molecular formula is C18H25N5O. The SMILES string of the molecule is CC(C)c1ccccc1NC(=O)NC1CCC(n2cncn2)CC1. The Hall–Kier alpha value is -2.37. The molecule has 1 heterocycles. The summed E-state index contributed by atoms with van der Waals surface area (Å²) in [6, 6.07) is 8.47. The maximum absolute atomic E-state index is 12.3. The zero-order valence-corrected chi connectivity index (χ0v) is 14.3. The summed E-state index contributed by atoms with van der Waals surface area (Å²) in [6.45, 7) is 4.26. The fraction of sp³-hybridized carbons (Fsp3) is 0.500. The van der Waals surface area contributed by atoms with Gasteiger partial charge in [0.15, 0.2) is 0 Å². The minimum atomic E-state index is -0.118. The third kappa shape index (κ3) is 3.93. The van der Waals surface area contributed by atoms with Gasteiger partial charge in [-0.3, -0.25) is 0 Å². The quantitative estimate of drug-likeness (QED) is 0.899. The summed E-state index contributed by atoms with van der Waals surface area (Å²) in [6.07, 6.45) is 7.29. The average Bonchev–Trinajstić information content (AvgIpc) is 3.10. The zero-order valence-electron chi connectivity index (χ0n) is 14.3. The summed E-state index contributed by atoms with van der Waals surface area (Å²) in [4.78, 5) is 16.3. The Bertz CT molecular complexity index is 660. The van der Waals surface area contributed by atoms with Crippen molar-refractivity contribution in [2.75, 3.05) is 5.32 Å². The normalized spacial score (nSPS) is 20.8. The number of nitrogens with zero attached hydrogens (tertiary/aromatic N) is 3. The van der Waals surface area contributed by atoms with Crippen molar-refractivity contribution in [3.63, 3.8) is 0 Å². The van der Waals surface area contributed by atoms with E-state index in [2.05, 4.69) is 40.6 Å². The highest BCUT2D eigenvalue weighted by Crippen LogP contribution is 2.28. The lowest BCUT2D eigenvalue weighted by molar-refractivity contribution is 0.235. The van der Waals surface area contributed by atoms with E-state index in [1.54, 1.807) is 12.7 Å². The molecule has 1 saturated carbocycles. The molecule has 0 saturated heterocycles. The third-order valence-corrected chi connectivity index (χ3v) is 4.67. The molecule has 0 radical (unpaired) electrons. The fourth-order valence-corrected chi connectivity index (χ4v) is 3.35. The maximum Gasteiger partial charge on any atom is 0.319 e. The number of urea groups is 1. The molecule has 1 fully saturated rings. The second-order valence-electron chi connectivity index (χ2n) is 6.72. The van der Waals surface area contributed by atoms with E-state index >= 15 is 0 Å². The molecule has 6 nitrogen and oxygen atoms in total. The zero-order chi connectivity index (χ0) is 16.9. The van der Waals surface area contributed by atoms with Gasteiger partial charge in [-0.05, 0) is 43.2 Å². The Balaban J connectivity index is 1.51. The van der Waals surface area contributed by atoms with E-state index in [0.717, 1.165) is 36.9 Å². The van der Waals surface area contributed by atoms with Crippen LogP contribution >= 0.6 is 0 Å². The molecule has 2 N–H and O–H groups in total. The number of rotatable bonds is 4. The highest BCUT2D eigenvalue weighted by molar-refractivity contribution is 5.90. The van der Waals surface area contributed by atoms with Crippen LogP contribution < -0.4 is 10.6 Å². The van der Waals surface area contributed by atoms with Gasteiger partial charge < -0.3 is 10.6 Å². The van der Waals surface area contributed by atoms with Crippen molar-refractivity contribution in [2.24, 2.45) is 0 Å². The molecule has 6 heteroatoms. The molecule has 24 heavy (non-hydrogen) atoms. The topological polar surface area (TPSA) is 71.8 Å². The van der Waals surface area contributed by atoms with Crippen molar-refractivity contribution in [2.45, 2.75) is 57.5 Å². The van der Waals surface area contributed by atoms with E-state index in [4.69, 9.17) is 0 Å². The lowest BCUT2D eigenvalue weighted by atomic mass is 9.91. The van der Waals surface area contributed by atoms with Gasteiger partial charge in [-0.15, -0.1) is 0 Å². The van der Waals surface area contributed by atoms with E-state index in [1.807, 2.05) is 22.9 Å². The summed E-state index contributed by atoms with van der Waals surface area (Å²) < 4.78 is 1.93. The van der Waals surface area contributed by atoms with Gasteiger partial charge in [0.05, 0.1) is 6.04 Å². The van der Waals surface area contributed by atoms with Gasteiger partial charge in [-0.1, -0.05) is 32.0 Å². The summed E-state index contributed by atoms with van der Waals surface area (Å²) in [5.74, 6) is 0.375. The summed E-state index contributed by atoms with van der Waals surface area (Å²) in [7, 11) is 0. The molecule has 1 aromatic heterocycles. The number of benzene rings is 1. The van der Waals surface area contributed by atoms with Crippen LogP contribution in [0.5, 0.6) is 0 Å². The number of aromatic nitrogens is 3. The van der Waals surface area contributed by atoms with Crippen LogP contribution in [0.25, 0.3) is 0 Å². The third-order valence-electron chi connectivity index (χ3n) is 4.67. The molecule has 0 spiro atoms. The second-order valence-corrected chi connectivity index (χ2v) is 6.72. The maximum atomic E-state index is 12.3. The number of nitrogens with one attached hydrogen (secondary N) is 2. The number of amides is 2. The lowest BCUT2D eigenvalue weighted by Crippen LogP contribution is -2.40. The molecule has 3 rings (SSSR count). The molecule has 1 aromatic carbocycles. The van der Waals surface area contributed by atoms with Crippen molar-refractivity contribution < 1.29 is 4.79 Å². The molecule has 128 valence electrons. The van der Waals surface area contributed by atoms with Crippen LogP contribution in [0.4, 0.5) is 10.5 Å². The number of hydrogen-bond acceptors (Lipinski definition) is 3. The van der Waals surface area contributed by atoms with Crippen LogP contribution in [0.1, 0.15) is 57.1 Å². The van der Waals surface area contributed by atoms with Gasteiger partial charge >= 0.3 is 6.03 Å². The molecule has 2 amide bonds. The molecular weight excluding hydrogens is 302 g/mol. The Morgan fingerprint density at radius 2 is 1.96 bits per heavy atom. The van der Waals surface area contributed by atoms with E-state index in [1.165, 1.54) is 0 Å². The average molecular weight is 327 g/mol. The van der Waals surface area contributed by atoms with E-state index < -0.39 is 0 Å². The smallest absolute Gasteiger partial charge is 0.319 e. The first-order chi connectivity index (χ1) is 11.6. The molecule has 0 aliphatic heterocycles. The molecule has 1 aliphatic rings. The second kappa shape index (κ2) is 7.47. The monoisotopic (exact) mass is 327 g/mol. The number of carbonyl (C=O) groups excluding carboxylic acids is 1. The summed E-state index contributed by atoms with van der Waals surface area (Å²) >= 11 is 0. The first-order valence-electron chi connectivity index (χ1n) is 8.64. The fourth-order valence-electron chi connectivity index (χ4n) is 3.35. The predicted molar refractivity (Wildman–Crippen MR) is 94.0 cm³/mol. The number of para-hydroxylation sites is 1. The van der Waals surface area contributed by atoms with Crippen LogP contribution in [0.2, 0.25) is 0 Å². The summed E-state index contributed by atoms with van der Waals surface area (Å²) in [5, 5.41) is 10.3. The largest absolute Gasteiger partial charge is 0.335 e. The Morgan fingerprint density at radius 3 is 2.62 bits per heavy atom. The minimum Gasteiger partial charge on any atom is -0.335 e. The number of carbonyl (C=O) groups is 1. The Kier molecular flexibility index (Phi) is 5.13. The first kappa shape index (κ1) is 16.5. The number of hydrogen-bond donors (Lipinski definition) is 2. The van der Waals surface area contributed by atoms with E-state index in [-0.39, 0.29) is 12.1 Å². The van der Waals surface area contributed by atoms with Crippen LogP contribution in [0, 0.1) is 0 Å². The van der Waals surface area contributed by atoms with Crippen LogP contribution in [-0.2, 0) is 0 Å². The van der Waals surface area contributed by atoms with Gasteiger partial charge in [0.1, 0.15) is 12.7 Å². The van der Waals surface area contributed by atoms with Crippen molar-refractivity contribution >= 4 is 11.7 Å². The standard InChI is InChI=1S/C18H25N5O/c1-13(2)16-5-3-4-6-17(16)22-18(24)21-14-7-9-15(10-8-14)23-12-19-11-20-23/h3-6,11-15H,7-10H2,1-2H3,(H2,21,22,24). The number of anilines is 1. The van der Waals surface area contributed by atoms with Crippen molar-refractivity contribution in [1.82, 2.24) is 20.1 Å². The van der Waals surface area contributed by atoms with Crippen molar-refractivity contribution in [3.05, 3.63) is 42.5 Å². The Labute approximate surface area is 142 Å². The van der Waals surface area contributed by atoms with Gasteiger partial charge in [0, 0.05) is 11.7 Å². The summed E-state index contributed by atoms with van der Waals surface area (Å²) in [5.41, 5.74) is 2.05. The van der Waals surface area contributed by atoms with Gasteiger partial charge in [0.25, 0.3) is 0 Å².